The van der Waals surface area contributed by atoms with Crippen LogP contribution >= 0.6 is 11.8 Å². The maximum absolute atomic E-state index is 12.9. The van der Waals surface area contributed by atoms with E-state index in [0.717, 1.165) is 11.3 Å². The van der Waals surface area contributed by atoms with Gasteiger partial charge in [-0.05, 0) is 36.8 Å². The first-order valence-electron chi connectivity index (χ1n) is 8.96. The van der Waals surface area contributed by atoms with Gasteiger partial charge in [-0.1, -0.05) is 30.3 Å². The molecular formula is C20H21FN6OS. The summed E-state index contributed by atoms with van der Waals surface area (Å²) in [6.07, 6.45) is 0. The van der Waals surface area contributed by atoms with Gasteiger partial charge in [-0.25, -0.2) is 4.39 Å². The molecule has 2 aromatic carbocycles. The highest BCUT2D eigenvalue weighted by molar-refractivity contribution is 7.99. The van der Waals surface area contributed by atoms with Crippen LogP contribution in [0.1, 0.15) is 18.3 Å². The van der Waals surface area contributed by atoms with E-state index in [1.807, 2.05) is 30.3 Å². The maximum Gasteiger partial charge on any atom is 0.233 e. The second-order valence-corrected chi connectivity index (χ2v) is 7.55. The average molecular weight is 412 g/mol. The second-order valence-electron chi connectivity index (χ2n) is 6.22. The molecule has 7 nitrogen and oxygen atoms in total. The Hall–Kier alpha value is -3.20. The number of benzene rings is 2. The Morgan fingerprint density at radius 3 is 2.55 bits per heavy atom. The van der Waals surface area contributed by atoms with Crippen molar-refractivity contribution in [3.05, 3.63) is 71.8 Å². The standard InChI is InChI=1S/C20H21FN6OS/c1-13(18(28)23-11-14-7-9-15(21)10-8-14)29-12-17-25-19(22)27-20(26-17)24-16-5-3-2-4-6-16/h2-10,13H,11-12H2,1H3,(H,23,28)(H3,22,24,25,26,27). The fraction of sp³-hybridized carbons (Fsp3) is 0.200. The molecule has 0 aliphatic heterocycles. The number of nitrogens with zero attached hydrogens (tertiary/aromatic N) is 3. The third-order valence-corrected chi connectivity index (χ3v) is 5.08. The number of carbonyl (C=O) groups excluding carboxylic acids is 1. The van der Waals surface area contributed by atoms with E-state index < -0.39 is 0 Å². The van der Waals surface area contributed by atoms with Gasteiger partial charge in [0.2, 0.25) is 17.8 Å². The summed E-state index contributed by atoms with van der Waals surface area (Å²) >= 11 is 1.39. The fourth-order valence-electron chi connectivity index (χ4n) is 2.42. The number of nitrogens with one attached hydrogen (secondary N) is 2. The first-order valence-corrected chi connectivity index (χ1v) is 10.0. The van der Waals surface area contributed by atoms with Crippen molar-refractivity contribution in [3.63, 3.8) is 0 Å². The number of amides is 1. The molecule has 1 unspecified atom stereocenters. The molecule has 1 heterocycles. The van der Waals surface area contributed by atoms with Crippen LogP contribution in [0.2, 0.25) is 0 Å². The number of nitrogen functional groups attached to an aromatic ring is 1. The molecule has 3 aromatic rings. The molecule has 29 heavy (non-hydrogen) atoms. The number of nitrogens with two attached hydrogens (primary N) is 1. The van der Waals surface area contributed by atoms with Gasteiger partial charge in [0.25, 0.3) is 0 Å². The molecule has 0 bridgehead atoms. The number of para-hydroxylation sites is 1. The Bertz CT molecular complexity index is 955. The molecule has 0 radical (unpaired) electrons. The van der Waals surface area contributed by atoms with Crippen LogP contribution in [0, 0.1) is 5.82 Å². The van der Waals surface area contributed by atoms with Crippen LogP contribution in [-0.4, -0.2) is 26.1 Å². The van der Waals surface area contributed by atoms with Crippen LogP contribution < -0.4 is 16.4 Å². The van der Waals surface area contributed by atoms with Gasteiger partial charge in [-0.15, -0.1) is 11.8 Å². The lowest BCUT2D eigenvalue weighted by Crippen LogP contribution is -2.30. The molecular weight excluding hydrogens is 391 g/mol. The van der Waals surface area contributed by atoms with Crippen molar-refractivity contribution in [1.29, 1.82) is 0 Å². The SMILES string of the molecule is CC(SCc1nc(N)nc(Nc2ccccc2)n1)C(=O)NCc1ccc(F)cc1. The van der Waals surface area contributed by atoms with E-state index in [1.165, 1.54) is 23.9 Å². The van der Waals surface area contributed by atoms with Crippen LogP contribution in [0.5, 0.6) is 0 Å². The van der Waals surface area contributed by atoms with Gasteiger partial charge in [0, 0.05) is 12.2 Å². The Morgan fingerprint density at radius 1 is 1.10 bits per heavy atom. The monoisotopic (exact) mass is 412 g/mol. The van der Waals surface area contributed by atoms with Crippen molar-refractivity contribution < 1.29 is 9.18 Å². The molecule has 0 spiro atoms. The van der Waals surface area contributed by atoms with E-state index in [1.54, 1.807) is 19.1 Å². The number of hydrogen-bond donors (Lipinski definition) is 3. The minimum Gasteiger partial charge on any atom is -0.368 e. The summed E-state index contributed by atoms with van der Waals surface area (Å²) in [5, 5.41) is 5.60. The highest BCUT2D eigenvalue weighted by Crippen LogP contribution is 2.18. The molecule has 0 fully saturated rings. The predicted molar refractivity (Wildman–Crippen MR) is 113 cm³/mol. The smallest absolute Gasteiger partial charge is 0.233 e. The lowest BCUT2D eigenvalue weighted by Gasteiger charge is -2.12. The van der Waals surface area contributed by atoms with Gasteiger partial charge in [0.15, 0.2) is 0 Å². The van der Waals surface area contributed by atoms with E-state index in [2.05, 4.69) is 25.6 Å². The van der Waals surface area contributed by atoms with Crippen molar-refractivity contribution in [3.8, 4) is 0 Å². The zero-order chi connectivity index (χ0) is 20.6. The molecule has 9 heteroatoms. The summed E-state index contributed by atoms with van der Waals surface area (Å²) in [6, 6.07) is 15.5. The molecule has 1 aromatic heterocycles. The number of rotatable bonds is 8. The summed E-state index contributed by atoms with van der Waals surface area (Å²) in [6.45, 7) is 2.15. The van der Waals surface area contributed by atoms with E-state index in [9.17, 15) is 9.18 Å². The predicted octanol–water partition coefficient (Wildman–Crippen LogP) is 3.27. The normalized spacial score (nSPS) is 11.7. The van der Waals surface area contributed by atoms with Crippen LogP contribution in [0.4, 0.5) is 22.0 Å². The van der Waals surface area contributed by atoms with Crippen molar-refractivity contribution in [2.45, 2.75) is 24.5 Å². The minimum absolute atomic E-state index is 0.113. The Kier molecular flexibility index (Phi) is 6.96. The molecule has 1 atom stereocenters. The van der Waals surface area contributed by atoms with Crippen molar-refractivity contribution >= 4 is 35.3 Å². The zero-order valence-electron chi connectivity index (χ0n) is 15.8. The van der Waals surface area contributed by atoms with Crippen molar-refractivity contribution in [1.82, 2.24) is 20.3 Å². The third-order valence-electron chi connectivity index (χ3n) is 3.94. The summed E-state index contributed by atoms with van der Waals surface area (Å²) < 4.78 is 12.9. The summed E-state index contributed by atoms with van der Waals surface area (Å²) in [7, 11) is 0. The molecule has 3 rings (SSSR count). The average Bonchev–Trinajstić information content (AvgIpc) is 2.71. The van der Waals surface area contributed by atoms with Gasteiger partial charge >= 0.3 is 0 Å². The summed E-state index contributed by atoms with van der Waals surface area (Å²) in [4.78, 5) is 24.9. The minimum atomic E-state index is -0.320. The first-order chi connectivity index (χ1) is 14.0. The van der Waals surface area contributed by atoms with Crippen LogP contribution in [0.15, 0.2) is 54.6 Å². The number of anilines is 3. The van der Waals surface area contributed by atoms with Crippen LogP contribution in [-0.2, 0) is 17.1 Å². The summed E-state index contributed by atoms with van der Waals surface area (Å²) in [5.74, 6) is 0.932. The second kappa shape index (κ2) is 9.83. The van der Waals surface area contributed by atoms with Crippen molar-refractivity contribution in [2.24, 2.45) is 0 Å². The highest BCUT2D eigenvalue weighted by atomic mass is 32.2. The number of aromatic nitrogens is 3. The van der Waals surface area contributed by atoms with Gasteiger partial charge in [0.05, 0.1) is 11.0 Å². The fourth-order valence-corrected chi connectivity index (χ4v) is 3.18. The van der Waals surface area contributed by atoms with E-state index >= 15 is 0 Å². The lowest BCUT2D eigenvalue weighted by molar-refractivity contribution is -0.120. The number of carbonyl (C=O) groups is 1. The van der Waals surface area contributed by atoms with Crippen LogP contribution in [0.3, 0.4) is 0 Å². The quantitative estimate of drug-likeness (QED) is 0.521. The van der Waals surface area contributed by atoms with E-state index in [-0.39, 0.29) is 22.9 Å². The molecule has 0 saturated heterocycles. The van der Waals surface area contributed by atoms with Crippen LogP contribution in [0.25, 0.3) is 0 Å². The number of halogens is 1. The first kappa shape index (κ1) is 20.5. The lowest BCUT2D eigenvalue weighted by atomic mass is 10.2. The van der Waals surface area contributed by atoms with E-state index in [0.29, 0.717) is 24.1 Å². The molecule has 0 aliphatic rings. The molecule has 4 N–H and O–H groups in total. The zero-order valence-corrected chi connectivity index (χ0v) is 16.6. The molecule has 150 valence electrons. The molecule has 0 saturated carbocycles. The summed E-state index contributed by atoms with van der Waals surface area (Å²) in [5.41, 5.74) is 7.45. The Morgan fingerprint density at radius 2 is 1.83 bits per heavy atom. The third kappa shape index (κ3) is 6.42. The largest absolute Gasteiger partial charge is 0.368 e. The number of thioether (sulfide) groups is 1. The highest BCUT2D eigenvalue weighted by Gasteiger charge is 2.15. The van der Waals surface area contributed by atoms with Crippen molar-refractivity contribution in [2.75, 3.05) is 11.1 Å². The maximum atomic E-state index is 12.9. The van der Waals surface area contributed by atoms with Gasteiger partial charge < -0.3 is 16.4 Å². The molecule has 0 aliphatic carbocycles. The Balaban J connectivity index is 1.53. The Labute approximate surface area is 172 Å². The number of hydrogen-bond acceptors (Lipinski definition) is 7. The van der Waals surface area contributed by atoms with Gasteiger partial charge in [-0.2, -0.15) is 15.0 Å². The van der Waals surface area contributed by atoms with Gasteiger partial charge in [0.1, 0.15) is 11.6 Å². The van der Waals surface area contributed by atoms with E-state index in [4.69, 9.17) is 5.73 Å². The topological polar surface area (TPSA) is 106 Å². The van der Waals surface area contributed by atoms with Gasteiger partial charge in [-0.3, -0.25) is 4.79 Å². The molecule has 1 amide bonds.